The second-order valence-electron chi connectivity index (χ2n) is 3.87. The maximum atomic E-state index is 11.2. The molecule has 94 valence electrons. The summed E-state index contributed by atoms with van der Waals surface area (Å²) in [4.78, 5) is 0. The summed E-state index contributed by atoms with van der Waals surface area (Å²) in [5.74, 6) is 0.333. The summed E-state index contributed by atoms with van der Waals surface area (Å²) in [7, 11) is -1.09. The lowest BCUT2D eigenvalue weighted by atomic mass is 10.3. The largest absolute Gasteiger partial charge is 0.342 e. The van der Waals surface area contributed by atoms with Gasteiger partial charge in [-0.3, -0.25) is 0 Å². The van der Waals surface area contributed by atoms with E-state index in [-0.39, 0.29) is 11.5 Å². The number of sulfone groups is 1. The molecule has 6 heteroatoms. The van der Waals surface area contributed by atoms with Crippen molar-refractivity contribution in [2.24, 2.45) is 7.05 Å². The molecule has 0 atom stereocenters. The lowest BCUT2D eigenvalue weighted by molar-refractivity contribution is 0.592. The van der Waals surface area contributed by atoms with E-state index in [0.717, 1.165) is 5.56 Å². The van der Waals surface area contributed by atoms with Gasteiger partial charge in [0.2, 0.25) is 0 Å². The quantitative estimate of drug-likeness (QED) is 0.748. The summed E-state index contributed by atoms with van der Waals surface area (Å²) in [5, 5.41) is 11.8. The maximum Gasteiger partial charge on any atom is 0.151 e. The van der Waals surface area contributed by atoms with Gasteiger partial charge in [-0.25, -0.2) is 8.42 Å². The van der Waals surface area contributed by atoms with E-state index in [4.69, 9.17) is 5.26 Å². The monoisotopic (exact) mass is 255 g/mol. The van der Waals surface area contributed by atoms with E-state index in [9.17, 15) is 8.42 Å². The molecular weight excluding hydrogens is 238 g/mol. The molecule has 0 unspecified atom stereocenters. The van der Waals surface area contributed by atoms with E-state index in [0.29, 0.717) is 18.8 Å². The third kappa shape index (κ3) is 4.21. The van der Waals surface area contributed by atoms with Gasteiger partial charge in [0.15, 0.2) is 9.84 Å². The molecule has 0 aliphatic rings. The summed E-state index contributed by atoms with van der Waals surface area (Å²) in [6.07, 6.45) is 1.86. The van der Waals surface area contributed by atoms with Crippen LogP contribution in [0.1, 0.15) is 18.2 Å². The normalized spacial score (nSPS) is 11.4. The van der Waals surface area contributed by atoms with Crippen molar-refractivity contribution in [2.45, 2.75) is 13.5 Å². The van der Waals surface area contributed by atoms with Crippen LogP contribution in [-0.2, 0) is 23.4 Å². The third-order valence-electron chi connectivity index (χ3n) is 2.53. The molecule has 0 amide bonds. The first-order valence-corrected chi connectivity index (χ1v) is 7.27. The van der Waals surface area contributed by atoms with Crippen LogP contribution in [0.2, 0.25) is 0 Å². The fourth-order valence-corrected chi connectivity index (χ4v) is 2.19. The predicted octanol–water partition coefficient (Wildman–Crippen LogP) is 0.421. The van der Waals surface area contributed by atoms with Crippen molar-refractivity contribution in [1.29, 1.82) is 5.26 Å². The van der Waals surface area contributed by atoms with Gasteiger partial charge in [-0.1, -0.05) is 6.92 Å². The standard InChI is InChI=1S/C11H17N3O2S/c1-3-17(15,16)5-4-13-8-10-6-11(7-12)14(2)9-10/h6,9,13H,3-5,8H2,1-2H3. The Morgan fingerprint density at radius 2 is 2.24 bits per heavy atom. The smallest absolute Gasteiger partial charge is 0.151 e. The highest BCUT2D eigenvalue weighted by Gasteiger charge is 2.06. The first-order valence-electron chi connectivity index (χ1n) is 5.45. The van der Waals surface area contributed by atoms with E-state index in [2.05, 4.69) is 11.4 Å². The lowest BCUT2D eigenvalue weighted by Crippen LogP contribution is -2.23. The fraction of sp³-hybridized carbons (Fsp3) is 0.545. The number of nitrogens with zero attached hydrogens (tertiary/aromatic N) is 2. The van der Waals surface area contributed by atoms with Crippen molar-refractivity contribution in [3.63, 3.8) is 0 Å². The Morgan fingerprint density at radius 1 is 1.53 bits per heavy atom. The number of aromatic nitrogens is 1. The number of hydrogen-bond acceptors (Lipinski definition) is 4. The first kappa shape index (κ1) is 13.7. The van der Waals surface area contributed by atoms with Crippen molar-refractivity contribution < 1.29 is 8.42 Å². The van der Waals surface area contributed by atoms with Crippen molar-refractivity contribution in [2.75, 3.05) is 18.1 Å². The average Bonchev–Trinajstić information content (AvgIpc) is 2.65. The molecule has 0 saturated heterocycles. The van der Waals surface area contributed by atoms with E-state index in [1.807, 2.05) is 13.2 Å². The van der Waals surface area contributed by atoms with Crippen LogP contribution < -0.4 is 5.32 Å². The molecule has 0 bridgehead atoms. The van der Waals surface area contributed by atoms with Crippen LogP contribution in [0.5, 0.6) is 0 Å². The molecule has 1 heterocycles. The van der Waals surface area contributed by atoms with Crippen LogP contribution >= 0.6 is 0 Å². The van der Waals surface area contributed by atoms with Gasteiger partial charge >= 0.3 is 0 Å². The maximum absolute atomic E-state index is 11.2. The Morgan fingerprint density at radius 3 is 2.76 bits per heavy atom. The zero-order valence-corrected chi connectivity index (χ0v) is 10.9. The van der Waals surface area contributed by atoms with Crippen molar-refractivity contribution in [1.82, 2.24) is 9.88 Å². The average molecular weight is 255 g/mol. The van der Waals surface area contributed by atoms with Crippen LogP contribution in [0.25, 0.3) is 0 Å². The molecule has 1 aromatic heterocycles. The molecule has 1 aromatic rings. The molecule has 0 radical (unpaired) electrons. The van der Waals surface area contributed by atoms with Crippen molar-refractivity contribution in [3.05, 3.63) is 23.5 Å². The Labute approximate surface area is 102 Å². The minimum atomic E-state index is -2.90. The van der Waals surface area contributed by atoms with Crippen molar-refractivity contribution in [3.8, 4) is 6.07 Å². The van der Waals surface area contributed by atoms with Gasteiger partial charge < -0.3 is 9.88 Å². The third-order valence-corrected chi connectivity index (χ3v) is 4.24. The van der Waals surface area contributed by atoms with Gasteiger partial charge in [-0.15, -0.1) is 0 Å². The van der Waals surface area contributed by atoms with Crippen LogP contribution in [0, 0.1) is 11.3 Å². The molecule has 1 rings (SSSR count). The molecule has 0 aliphatic carbocycles. The Kier molecular flexibility index (Phi) is 4.73. The zero-order chi connectivity index (χ0) is 12.9. The number of nitriles is 1. The summed E-state index contributed by atoms with van der Waals surface area (Å²) in [6, 6.07) is 3.87. The molecule has 0 saturated carbocycles. The molecule has 0 spiro atoms. The fourth-order valence-electron chi connectivity index (χ4n) is 1.45. The molecule has 0 fully saturated rings. The molecule has 0 aliphatic heterocycles. The minimum absolute atomic E-state index is 0.154. The van der Waals surface area contributed by atoms with Crippen molar-refractivity contribution >= 4 is 9.84 Å². The van der Waals surface area contributed by atoms with E-state index in [1.54, 1.807) is 17.6 Å². The highest BCUT2D eigenvalue weighted by Crippen LogP contribution is 2.05. The lowest BCUT2D eigenvalue weighted by Gasteiger charge is -2.03. The molecular formula is C11H17N3O2S. The number of rotatable bonds is 6. The Bertz CT molecular complexity index is 511. The number of aryl methyl sites for hydroxylation is 1. The molecule has 5 nitrogen and oxygen atoms in total. The number of nitrogens with one attached hydrogen (secondary N) is 1. The predicted molar refractivity (Wildman–Crippen MR) is 66.2 cm³/mol. The molecule has 0 aromatic carbocycles. The van der Waals surface area contributed by atoms with Crippen LogP contribution in [-0.4, -0.2) is 31.0 Å². The highest BCUT2D eigenvalue weighted by atomic mass is 32.2. The summed E-state index contributed by atoms with van der Waals surface area (Å²) < 4.78 is 24.2. The van der Waals surface area contributed by atoms with Gasteiger partial charge in [0.05, 0.1) is 5.75 Å². The summed E-state index contributed by atoms with van der Waals surface area (Å²) in [5.41, 5.74) is 1.58. The van der Waals surface area contributed by atoms with Gasteiger partial charge in [0, 0.05) is 32.1 Å². The summed E-state index contributed by atoms with van der Waals surface area (Å²) >= 11 is 0. The van der Waals surface area contributed by atoms with Crippen LogP contribution in [0.3, 0.4) is 0 Å². The second-order valence-corrected chi connectivity index (χ2v) is 6.34. The zero-order valence-electron chi connectivity index (χ0n) is 10.1. The Hall–Kier alpha value is -1.32. The topological polar surface area (TPSA) is 74.9 Å². The van der Waals surface area contributed by atoms with Gasteiger partial charge in [0.1, 0.15) is 11.8 Å². The first-order chi connectivity index (χ1) is 7.98. The van der Waals surface area contributed by atoms with Gasteiger partial charge in [0.25, 0.3) is 0 Å². The highest BCUT2D eigenvalue weighted by molar-refractivity contribution is 7.91. The van der Waals surface area contributed by atoms with Crippen LogP contribution in [0.4, 0.5) is 0 Å². The minimum Gasteiger partial charge on any atom is -0.342 e. The van der Waals surface area contributed by atoms with Gasteiger partial charge in [-0.2, -0.15) is 5.26 Å². The molecule has 17 heavy (non-hydrogen) atoms. The van der Waals surface area contributed by atoms with E-state index in [1.165, 1.54) is 0 Å². The summed E-state index contributed by atoms with van der Waals surface area (Å²) in [6.45, 7) is 2.66. The molecule has 1 N–H and O–H groups in total. The van der Waals surface area contributed by atoms with E-state index >= 15 is 0 Å². The SMILES string of the molecule is CCS(=O)(=O)CCNCc1cc(C#N)n(C)c1. The Balaban J connectivity index is 2.39. The van der Waals surface area contributed by atoms with E-state index < -0.39 is 9.84 Å². The second kappa shape index (κ2) is 5.84. The number of hydrogen-bond donors (Lipinski definition) is 1. The van der Waals surface area contributed by atoms with Crippen LogP contribution in [0.15, 0.2) is 12.3 Å². The van der Waals surface area contributed by atoms with Gasteiger partial charge in [-0.05, 0) is 11.6 Å².